The van der Waals surface area contributed by atoms with E-state index in [0.717, 1.165) is 24.3 Å². The number of aryl methyl sites for hydroxylation is 2. The topological polar surface area (TPSA) is 68.8 Å². The summed E-state index contributed by atoms with van der Waals surface area (Å²) in [6.45, 7) is 6.19. The second kappa shape index (κ2) is 6.05. The molecule has 0 spiro atoms. The van der Waals surface area contributed by atoms with Gasteiger partial charge in [-0.2, -0.15) is 4.98 Å². The molecule has 2 aromatic heterocycles. The lowest BCUT2D eigenvalue weighted by Crippen LogP contribution is -2.17. The zero-order valence-corrected chi connectivity index (χ0v) is 12.3. The molecule has 0 atom stereocenters. The van der Waals surface area contributed by atoms with Crippen LogP contribution in [-0.2, 0) is 19.6 Å². The van der Waals surface area contributed by atoms with Gasteiger partial charge in [0.05, 0.1) is 24.1 Å². The minimum Gasteiger partial charge on any atom is -0.340 e. The monoisotopic (exact) mass is 285 g/mol. The van der Waals surface area contributed by atoms with E-state index in [-0.39, 0.29) is 0 Å². The van der Waals surface area contributed by atoms with E-state index in [1.165, 1.54) is 5.52 Å². The maximum absolute atomic E-state index is 4.96. The largest absolute Gasteiger partial charge is 0.340 e. The van der Waals surface area contributed by atoms with Crippen molar-refractivity contribution in [1.82, 2.24) is 25.0 Å². The molecular weight excluding hydrogens is 266 g/mol. The van der Waals surface area contributed by atoms with Crippen LogP contribution in [0.1, 0.15) is 30.9 Å². The molecule has 0 aliphatic heterocycles. The maximum Gasteiger partial charge on any atom is 0.223 e. The summed E-state index contributed by atoms with van der Waals surface area (Å²) in [6.07, 6.45) is 1.08. The Bertz CT molecular complexity index is 731. The van der Waals surface area contributed by atoms with Crippen LogP contribution < -0.4 is 5.32 Å². The van der Waals surface area contributed by atoms with E-state index in [2.05, 4.69) is 39.1 Å². The molecule has 110 valence electrons. The second-order valence-electron chi connectivity index (χ2n) is 5.00. The molecule has 0 aliphatic carbocycles. The fourth-order valence-electron chi connectivity index (χ4n) is 2.43. The first kappa shape index (κ1) is 13.8. The van der Waals surface area contributed by atoms with E-state index in [1.54, 1.807) is 6.92 Å². The molecule has 3 aromatic rings. The molecule has 21 heavy (non-hydrogen) atoms. The molecule has 1 aromatic carbocycles. The van der Waals surface area contributed by atoms with Crippen molar-refractivity contribution in [3.63, 3.8) is 0 Å². The molecule has 0 aliphatic rings. The highest BCUT2D eigenvalue weighted by Gasteiger charge is 2.10. The predicted octanol–water partition coefficient (Wildman–Crippen LogP) is 2.43. The van der Waals surface area contributed by atoms with Crippen LogP contribution >= 0.6 is 0 Å². The molecule has 0 saturated heterocycles. The third kappa shape index (κ3) is 2.95. The molecule has 6 heteroatoms. The van der Waals surface area contributed by atoms with Gasteiger partial charge in [-0.3, -0.25) is 0 Å². The van der Waals surface area contributed by atoms with Crippen molar-refractivity contribution in [2.75, 3.05) is 0 Å². The van der Waals surface area contributed by atoms with Gasteiger partial charge in [0.1, 0.15) is 5.82 Å². The Labute approximate surface area is 123 Å². The second-order valence-corrected chi connectivity index (χ2v) is 5.00. The number of hydrogen-bond acceptors (Lipinski definition) is 5. The smallest absolute Gasteiger partial charge is 0.223 e. The summed E-state index contributed by atoms with van der Waals surface area (Å²) in [5, 5.41) is 7.20. The fourth-order valence-corrected chi connectivity index (χ4v) is 2.43. The SMILES string of the molecule is CCCn1c(CNCc2noc(C)n2)nc2ccccc21. The molecule has 0 fully saturated rings. The number of nitrogens with zero attached hydrogens (tertiary/aromatic N) is 4. The van der Waals surface area contributed by atoms with Gasteiger partial charge in [0.2, 0.25) is 5.89 Å². The van der Waals surface area contributed by atoms with Gasteiger partial charge in [-0.05, 0) is 18.6 Å². The number of fused-ring (bicyclic) bond motifs is 1. The van der Waals surface area contributed by atoms with Gasteiger partial charge >= 0.3 is 0 Å². The molecule has 0 unspecified atom stereocenters. The summed E-state index contributed by atoms with van der Waals surface area (Å²) in [7, 11) is 0. The summed E-state index contributed by atoms with van der Waals surface area (Å²) in [4.78, 5) is 8.88. The van der Waals surface area contributed by atoms with Gasteiger partial charge in [-0.1, -0.05) is 24.2 Å². The third-order valence-electron chi connectivity index (χ3n) is 3.32. The first-order valence-corrected chi connectivity index (χ1v) is 7.22. The maximum atomic E-state index is 4.96. The quantitative estimate of drug-likeness (QED) is 0.753. The van der Waals surface area contributed by atoms with E-state index in [4.69, 9.17) is 9.51 Å². The number of benzene rings is 1. The molecule has 0 bridgehead atoms. The van der Waals surface area contributed by atoms with Gasteiger partial charge in [0.25, 0.3) is 0 Å². The minimum atomic E-state index is 0.576. The van der Waals surface area contributed by atoms with E-state index < -0.39 is 0 Å². The summed E-state index contributed by atoms with van der Waals surface area (Å²) >= 11 is 0. The Kier molecular flexibility index (Phi) is 3.96. The number of rotatable bonds is 6. The van der Waals surface area contributed by atoms with E-state index in [9.17, 15) is 0 Å². The van der Waals surface area contributed by atoms with Crippen LogP contribution in [0, 0.1) is 6.92 Å². The molecule has 0 radical (unpaired) electrons. The highest BCUT2D eigenvalue weighted by molar-refractivity contribution is 5.75. The Morgan fingerprint density at radius 1 is 1.19 bits per heavy atom. The van der Waals surface area contributed by atoms with Crippen molar-refractivity contribution in [1.29, 1.82) is 0 Å². The average Bonchev–Trinajstić information content (AvgIpc) is 3.04. The van der Waals surface area contributed by atoms with Crippen LogP contribution in [0.2, 0.25) is 0 Å². The van der Waals surface area contributed by atoms with Gasteiger partial charge in [-0.15, -0.1) is 0 Å². The summed E-state index contributed by atoms with van der Waals surface area (Å²) in [6, 6.07) is 8.23. The summed E-state index contributed by atoms with van der Waals surface area (Å²) in [5.74, 6) is 2.30. The number of imidazole rings is 1. The minimum absolute atomic E-state index is 0.576. The Hall–Kier alpha value is -2.21. The van der Waals surface area contributed by atoms with Crippen LogP contribution in [0.3, 0.4) is 0 Å². The number of hydrogen-bond donors (Lipinski definition) is 1. The molecular formula is C15H19N5O. The Morgan fingerprint density at radius 2 is 2.05 bits per heavy atom. The number of para-hydroxylation sites is 2. The zero-order chi connectivity index (χ0) is 14.7. The van der Waals surface area contributed by atoms with Crippen molar-refractivity contribution in [3.05, 3.63) is 41.8 Å². The zero-order valence-electron chi connectivity index (χ0n) is 12.3. The van der Waals surface area contributed by atoms with Crippen LogP contribution in [0.5, 0.6) is 0 Å². The van der Waals surface area contributed by atoms with Gasteiger partial charge in [0, 0.05) is 13.5 Å². The van der Waals surface area contributed by atoms with Crippen molar-refractivity contribution in [2.45, 2.75) is 39.9 Å². The lowest BCUT2D eigenvalue weighted by atomic mass is 10.3. The Balaban J connectivity index is 1.74. The normalized spacial score (nSPS) is 11.3. The van der Waals surface area contributed by atoms with Crippen LogP contribution in [-0.4, -0.2) is 19.7 Å². The third-order valence-corrected chi connectivity index (χ3v) is 3.32. The lowest BCUT2D eigenvalue weighted by molar-refractivity contribution is 0.385. The standard InChI is InChI=1S/C15H19N5O/c1-3-8-20-13-7-5-4-6-12(13)18-15(20)10-16-9-14-17-11(2)21-19-14/h4-7,16H,3,8-10H2,1-2H3. The predicted molar refractivity (Wildman–Crippen MR) is 79.6 cm³/mol. The van der Waals surface area contributed by atoms with Crippen molar-refractivity contribution >= 4 is 11.0 Å². The molecule has 0 amide bonds. The van der Waals surface area contributed by atoms with Gasteiger partial charge in [-0.25, -0.2) is 4.98 Å². The molecule has 0 saturated carbocycles. The van der Waals surface area contributed by atoms with Crippen LogP contribution in [0.15, 0.2) is 28.8 Å². The van der Waals surface area contributed by atoms with Crippen LogP contribution in [0.25, 0.3) is 11.0 Å². The van der Waals surface area contributed by atoms with Crippen LogP contribution in [0.4, 0.5) is 0 Å². The lowest BCUT2D eigenvalue weighted by Gasteiger charge is -2.07. The number of nitrogens with one attached hydrogen (secondary N) is 1. The van der Waals surface area contributed by atoms with Gasteiger partial charge < -0.3 is 14.4 Å². The van der Waals surface area contributed by atoms with E-state index in [0.29, 0.717) is 24.8 Å². The first-order valence-electron chi connectivity index (χ1n) is 7.22. The van der Waals surface area contributed by atoms with Crippen molar-refractivity contribution in [2.24, 2.45) is 0 Å². The molecule has 1 N–H and O–H groups in total. The van der Waals surface area contributed by atoms with Gasteiger partial charge in [0.15, 0.2) is 5.82 Å². The Morgan fingerprint density at radius 3 is 2.81 bits per heavy atom. The summed E-state index contributed by atoms with van der Waals surface area (Å²) in [5.41, 5.74) is 2.23. The molecule has 6 nitrogen and oxygen atoms in total. The van der Waals surface area contributed by atoms with Crippen molar-refractivity contribution < 1.29 is 4.52 Å². The van der Waals surface area contributed by atoms with Crippen molar-refractivity contribution in [3.8, 4) is 0 Å². The molecule has 3 rings (SSSR count). The van der Waals surface area contributed by atoms with E-state index in [1.807, 2.05) is 12.1 Å². The number of aromatic nitrogens is 4. The summed E-state index contributed by atoms with van der Waals surface area (Å²) < 4.78 is 7.22. The highest BCUT2D eigenvalue weighted by Crippen LogP contribution is 2.16. The highest BCUT2D eigenvalue weighted by atomic mass is 16.5. The fraction of sp³-hybridized carbons (Fsp3) is 0.400. The van der Waals surface area contributed by atoms with E-state index >= 15 is 0 Å². The average molecular weight is 285 g/mol. The first-order chi connectivity index (χ1) is 10.3. The molecule has 2 heterocycles.